The molecule has 3 heterocycles. The lowest BCUT2D eigenvalue weighted by Gasteiger charge is -2.26. The first-order valence-corrected chi connectivity index (χ1v) is 10.8. The number of nitrogens with one attached hydrogen (secondary N) is 1. The van der Waals surface area contributed by atoms with Gasteiger partial charge in [0.2, 0.25) is 0 Å². The lowest BCUT2D eigenvalue weighted by atomic mass is 9.81. The van der Waals surface area contributed by atoms with Crippen LogP contribution in [0.25, 0.3) is 11.2 Å². The average Bonchev–Trinajstić information content (AvgIpc) is 3.30. The van der Waals surface area contributed by atoms with E-state index in [1.165, 1.54) is 10.9 Å². The van der Waals surface area contributed by atoms with E-state index in [-0.39, 0.29) is 12.4 Å². The standard InChI is InChI=1S/C20H30N6O5/c1-2-22-19(30)16-14(28)15(29)20(31-16)26-9-23-13-17(21)24-12(25-18(13)26)7-10-3-5-11(8-27)6-4-10/h9-11,14-16,20,27-29H,2-8H2,1H3,(H,22,30)(H2,21,24,25)/t10?,11?,14-,15+,16-,20?/m0/s1. The summed E-state index contributed by atoms with van der Waals surface area (Å²) in [5.41, 5.74) is 6.88. The molecule has 11 heteroatoms. The number of imidazole rings is 1. The third-order valence-corrected chi connectivity index (χ3v) is 6.31. The maximum atomic E-state index is 12.2. The molecule has 11 nitrogen and oxygen atoms in total. The number of rotatable bonds is 6. The van der Waals surface area contributed by atoms with Gasteiger partial charge in [0.1, 0.15) is 23.5 Å². The van der Waals surface area contributed by atoms with Crippen molar-refractivity contribution in [1.29, 1.82) is 0 Å². The van der Waals surface area contributed by atoms with Gasteiger partial charge in [0.05, 0.1) is 6.33 Å². The fourth-order valence-corrected chi connectivity index (χ4v) is 4.52. The van der Waals surface area contributed by atoms with Crippen molar-refractivity contribution in [1.82, 2.24) is 24.8 Å². The van der Waals surface area contributed by atoms with Crippen molar-refractivity contribution in [3.63, 3.8) is 0 Å². The van der Waals surface area contributed by atoms with Crippen molar-refractivity contribution in [2.75, 3.05) is 18.9 Å². The van der Waals surface area contributed by atoms with E-state index in [4.69, 9.17) is 10.5 Å². The molecule has 0 radical (unpaired) electrons. The molecule has 1 saturated carbocycles. The highest BCUT2D eigenvalue weighted by Gasteiger charge is 2.47. The van der Waals surface area contributed by atoms with Crippen LogP contribution in [0.1, 0.15) is 44.7 Å². The zero-order valence-corrected chi connectivity index (χ0v) is 17.5. The smallest absolute Gasteiger partial charge is 0.252 e. The summed E-state index contributed by atoms with van der Waals surface area (Å²) in [6, 6.07) is 0. The average molecular weight is 434 g/mol. The van der Waals surface area contributed by atoms with E-state index >= 15 is 0 Å². The van der Waals surface area contributed by atoms with E-state index in [0.717, 1.165) is 25.7 Å². The number of anilines is 1. The van der Waals surface area contributed by atoms with Gasteiger partial charge in [-0.1, -0.05) is 0 Å². The summed E-state index contributed by atoms with van der Waals surface area (Å²) in [4.78, 5) is 25.4. The summed E-state index contributed by atoms with van der Waals surface area (Å²) < 4.78 is 7.19. The van der Waals surface area contributed by atoms with E-state index in [0.29, 0.717) is 41.8 Å². The number of nitrogen functional groups attached to an aromatic ring is 1. The molecule has 2 fully saturated rings. The SMILES string of the molecule is CCNC(=O)[C@H]1OC(n2cnc3c(N)nc(CC4CCC(CO)CC4)nc32)[C@H](O)[C@@H]1O. The molecule has 1 aliphatic carbocycles. The molecule has 2 aromatic rings. The molecule has 6 N–H and O–H groups in total. The van der Waals surface area contributed by atoms with Gasteiger partial charge >= 0.3 is 0 Å². The van der Waals surface area contributed by atoms with Gasteiger partial charge in [-0.25, -0.2) is 15.0 Å². The van der Waals surface area contributed by atoms with Gasteiger partial charge in [-0.3, -0.25) is 9.36 Å². The number of fused-ring (bicyclic) bond motifs is 1. The predicted octanol–water partition coefficient (Wildman–Crippen LogP) is -0.495. The summed E-state index contributed by atoms with van der Waals surface area (Å²) in [7, 11) is 0. The molecule has 0 bridgehead atoms. The number of hydrogen-bond acceptors (Lipinski definition) is 9. The molecule has 4 rings (SSSR count). The summed E-state index contributed by atoms with van der Waals surface area (Å²) in [6.45, 7) is 2.37. The van der Waals surface area contributed by atoms with Crippen LogP contribution in [0.15, 0.2) is 6.33 Å². The fraction of sp³-hybridized carbons (Fsp3) is 0.700. The number of aliphatic hydroxyl groups is 3. The molecular formula is C20H30N6O5. The molecule has 4 atom stereocenters. The Bertz CT molecular complexity index is 928. The number of carbonyl (C=O) groups is 1. The number of aliphatic hydroxyl groups excluding tert-OH is 3. The predicted molar refractivity (Wildman–Crippen MR) is 111 cm³/mol. The molecule has 1 saturated heterocycles. The van der Waals surface area contributed by atoms with Crippen LogP contribution in [-0.2, 0) is 16.0 Å². The van der Waals surface area contributed by atoms with Crippen LogP contribution >= 0.6 is 0 Å². The molecule has 31 heavy (non-hydrogen) atoms. The Kier molecular flexibility index (Phi) is 6.37. The quantitative estimate of drug-likeness (QED) is 0.402. The van der Waals surface area contributed by atoms with E-state index in [1.807, 2.05) is 0 Å². The highest BCUT2D eigenvalue weighted by Crippen LogP contribution is 2.33. The third kappa shape index (κ3) is 4.22. The number of carbonyl (C=O) groups excluding carboxylic acids is 1. The molecule has 2 aliphatic rings. The van der Waals surface area contributed by atoms with Crippen molar-refractivity contribution < 1.29 is 24.9 Å². The number of nitrogens with zero attached hydrogens (tertiary/aromatic N) is 4. The summed E-state index contributed by atoms with van der Waals surface area (Å²) in [5, 5.41) is 32.8. The second kappa shape index (κ2) is 9.03. The molecule has 0 aromatic carbocycles. The van der Waals surface area contributed by atoms with Crippen LogP contribution in [0.3, 0.4) is 0 Å². The third-order valence-electron chi connectivity index (χ3n) is 6.31. The largest absolute Gasteiger partial charge is 0.396 e. The van der Waals surface area contributed by atoms with Gasteiger partial charge in [-0.05, 0) is 44.4 Å². The Hall–Kier alpha value is -2.34. The number of ether oxygens (including phenoxy) is 1. The summed E-state index contributed by atoms with van der Waals surface area (Å²) in [5.74, 6) is 1.10. The topological polar surface area (TPSA) is 169 Å². The zero-order valence-electron chi connectivity index (χ0n) is 17.5. The van der Waals surface area contributed by atoms with Crippen LogP contribution in [0.4, 0.5) is 5.82 Å². The Morgan fingerprint density at radius 3 is 2.61 bits per heavy atom. The molecule has 1 unspecified atom stereocenters. The van der Waals surface area contributed by atoms with Crippen molar-refractivity contribution in [2.24, 2.45) is 11.8 Å². The molecule has 1 aliphatic heterocycles. The molecule has 170 valence electrons. The minimum Gasteiger partial charge on any atom is -0.396 e. The molecule has 0 spiro atoms. The number of hydrogen-bond donors (Lipinski definition) is 5. The van der Waals surface area contributed by atoms with Crippen molar-refractivity contribution in [3.05, 3.63) is 12.2 Å². The van der Waals surface area contributed by atoms with Crippen molar-refractivity contribution in [2.45, 2.75) is 63.6 Å². The first-order valence-electron chi connectivity index (χ1n) is 10.8. The van der Waals surface area contributed by atoms with Gasteiger partial charge in [-0.2, -0.15) is 0 Å². The highest BCUT2D eigenvalue weighted by molar-refractivity contribution is 5.83. The second-order valence-electron chi connectivity index (χ2n) is 8.45. The zero-order chi connectivity index (χ0) is 22.1. The van der Waals surface area contributed by atoms with Crippen LogP contribution in [-0.4, -0.2) is 72.2 Å². The summed E-state index contributed by atoms with van der Waals surface area (Å²) in [6.07, 6.45) is 1.10. The minimum atomic E-state index is -1.38. The second-order valence-corrected chi connectivity index (χ2v) is 8.45. The van der Waals surface area contributed by atoms with Crippen LogP contribution in [0.5, 0.6) is 0 Å². The lowest BCUT2D eigenvalue weighted by molar-refractivity contribution is -0.137. The van der Waals surface area contributed by atoms with Crippen LogP contribution in [0, 0.1) is 11.8 Å². The van der Waals surface area contributed by atoms with Crippen molar-refractivity contribution >= 4 is 22.9 Å². The van der Waals surface area contributed by atoms with Gasteiger partial charge in [0.25, 0.3) is 5.91 Å². The highest BCUT2D eigenvalue weighted by atomic mass is 16.6. The van der Waals surface area contributed by atoms with Crippen LogP contribution < -0.4 is 11.1 Å². The van der Waals surface area contributed by atoms with E-state index < -0.39 is 30.4 Å². The number of amides is 1. The Morgan fingerprint density at radius 1 is 1.23 bits per heavy atom. The molecular weight excluding hydrogens is 404 g/mol. The van der Waals surface area contributed by atoms with E-state index in [2.05, 4.69) is 20.3 Å². The molecule has 2 aromatic heterocycles. The van der Waals surface area contributed by atoms with E-state index in [9.17, 15) is 20.1 Å². The monoisotopic (exact) mass is 434 g/mol. The Balaban J connectivity index is 1.57. The maximum absolute atomic E-state index is 12.2. The Labute approximate surface area is 179 Å². The lowest BCUT2D eigenvalue weighted by Crippen LogP contribution is -2.42. The first-order chi connectivity index (χ1) is 14.9. The number of aromatic nitrogens is 4. The Morgan fingerprint density at radius 2 is 1.94 bits per heavy atom. The van der Waals surface area contributed by atoms with Gasteiger partial charge in [0, 0.05) is 19.6 Å². The number of likely N-dealkylation sites (N-methyl/N-ethyl adjacent to an activating group) is 1. The molecule has 1 amide bonds. The van der Waals surface area contributed by atoms with Crippen LogP contribution in [0.2, 0.25) is 0 Å². The van der Waals surface area contributed by atoms with Gasteiger partial charge < -0.3 is 31.1 Å². The van der Waals surface area contributed by atoms with Crippen molar-refractivity contribution in [3.8, 4) is 0 Å². The number of nitrogens with two attached hydrogens (primary N) is 1. The van der Waals surface area contributed by atoms with Gasteiger partial charge in [-0.15, -0.1) is 0 Å². The fourth-order valence-electron chi connectivity index (χ4n) is 4.52. The first kappa shape index (κ1) is 21.9. The normalized spacial score (nSPS) is 31.2. The summed E-state index contributed by atoms with van der Waals surface area (Å²) >= 11 is 0. The van der Waals surface area contributed by atoms with Gasteiger partial charge in [0.15, 0.2) is 23.8 Å². The van der Waals surface area contributed by atoms with E-state index in [1.54, 1.807) is 6.92 Å². The minimum absolute atomic E-state index is 0.230. The maximum Gasteiger partial charge on any atom is 0.252 e.